The number of hydrogen-bond donors (Lipinski definition) is 1. The molecule has 2 aromatic carbocycles. The molecule has 2 N–H and O–H groups in total. The van der Waals surface area contributed by atoms with Crippen LogP contribution >= 0.6 is 11.8 Å². The number of aryl methyl sites for hydroxylation is 3. The van der Waals surface area contributed by atoms with E-state index in [0.29, 0.717) is 22.3 Å². The van der Waals surface area contributed by atoms with Gasteiger partial charge in [0.15, 0.2) is 5.82 Å². The first-order chi connectivity index (χ1) is 14.1. The minimum atomic E-state index is -0.333. The number of rotatable bonds is 4. The van der Waals surface area contributed by atoms with E-state index in [1.54, 1.807) is 6.07 Å². The molecule has 1 aliphatic rings. The molecule has 0 saturated carbocycles. The SMILES string of the molecule is Cc1ccc(-c2nnc(SCc3cc(=O)oc4cc5c(cc34)CCC5)n2N)cc1. The fraction of sp³-hybridized carbons (Fsp3) is 0.227. The van der Waals surface area contributed by atoms with Crippen LogP contribution in [0.3, 0.4) is 0 Å². The van der Waals surface area contributed by atoms with Gasteiger partial charge in [-0.05, 0) is 55.0 Å². The molecule has 0 saturated heterocycles. The van der Waals surface area contributed by atoms with Crippen LogP contribution in [0.4, 0.5) is 0 Å². The van der Waals surface area contributed by atoms with Crippen LogP contribution in [-0.4, -0.2) is 14.9 Å². The molecule has 4 aromatic rings. The summed E-state index contributed by atoms with van der Waals surface area (Å²) in [6.45, 7) is 2.04. The highest BCUT2D eigenvalue weighted by Crippen LogP contribution is 2.31. The molecule has 0 unspecified atom stereocenters. The summed E-state index contributed by atoms with van der Waals surface area (Å²) in [6.07, 6.45) is 3.28. The molecule has 5 rings (SSSR count). The Morgan fingerprint density at radius 1 is 1.10 bits per heavy atom. The molecule has 1 aliphatic carbocycles. The van der Waals surface area contributed by atoms with Crippen LogP contribution < -0.4 is 11.5 Å². The van der Waals surface area contributed by atoms with E-state index in [9.17, 15) is 4.79 Å². The van der Waals surface area contributed by atoms with E-state index in [-0.39, 0.29) is 5.63 Å². The third kappa shape index (κ3) is 3.31. The summed E-state index contributed by atoms with van der Waals surface area (Å²) in [7, 11) is 0. The summed E-state index contributed by atoms with van der Waals surface area (Å²) in [6, 6.07) is 13.8. The Kier molecular flexibility index (Phi) is 4.39. The number of nitrogens with two attached hydrogens (primary N) is 1. The van der Waals surface area contributed by atoms with Gasteiger partial charge in [-0.25, -0.2) is 9.47 Å². The van der Waals surface area contributed by atoms with E-state index < -0.39 is 0 Å². The van der Waals surface area contributed by atoms with Crippen molar-refractivity contribution in [2.45, 2.75) is 37.1 Å². The molecule has 0 atom stereocenters. The van der Waals surface area contributed by atoms with Crippen LogP contribution in [-0.2, 0) is 18.6 Å². The van der Waals surface area contributed by atoms with Crippen molar-refractivity contribution < 1.29 is 4.42 Å². The van der Waals surface area contributed by atoms with Crippen molar-refractivity contribution in [3.05, 3.63) is 75.1 Å². The topological polar surface area (TPSA) is 86.9 Å². The Morgan fingerprint density at radius 3 is 2.66 bits per heavy atom. The molecule has 2 heterocycles. The zero-order valence-electron chi connectivity index (χ0n) is 16.0. The summed E-state index contributed by atoms with van der Waals surface area (Å²) < 4.78 is 6.95. The van der Waals surface area contributed by atoms with Gasteiger partial charge in [0.2, 0.25) is 5.16 Å². The van der Waals surface area contributed by atoms with Crippen molar-refractivity contribution in [2.24, 2.45) is 0 Å². The first kappa shape index (κ1) is 18.0. The third-order valence-electron chi connectivity index (χ3n) is 5.37. The minimum Gasteiger partial charge on any atom is -0.423 e. The van der Waals surface area contributed by atoms with Gasteiger partial charge >= 0.3 is 5.63 Å². The number of nitrogen functional groups attached to an aromatic ring is 1. The summed E-state index contributed by atoms with van der Waals surface area (Å²) >= 11 is 1.46. The predicted octanol–water partition coefficient (Wildman–Crippen LogP) is 3.85. The molecule has 0 amide bonds. The molecule has 0 aliphatic heterocycles. The monoisotopic (exact) mass is 404 g/mol. The zero-order chi connectivity index (χ0) is 20.0. The fourth-order valence-corrected chi connectivity index (χ4v) is 4.68. The molecular weight excluding hydrogens is 384 g/mol. The second-order valence-corrected chi connectivity index (χ2v) is 8.33. The van der Waals surface area contributed by atoms with Crippen molar-refractivity contribution in [2.75, 3.05) is 5.84 Å². The standard InChI is InChI=1S/C22H20N4O2S/c1-13-5-7-14(8-6-13)21-24-25-22(26(21)23)29-12-17-11-20(27)28-19-10-16-4-2-3-15(16)9-18(17)19/h5-11H,2-4,12,23H2,1H3. The smallest absolute Gasteiger partial charge is 0.336 e. The van der Waals surface area contributed by atoms with Crippen molar-refractivity contribution >= 4 is 22.7 Å². The third-order valence-corrected chi connectivity index (χ3v) is 6.37. The van der Waals surface area contributed by atoms with E-state index >= 15 is 0 Å². The lowest BCUT2D eigenvalue weighted by atomic mass is 10.0. The van der Waals surface area contributed by atoms with Gasteiger partial charge in [-0.2, -0.15) is 0 Å². The lowest BCUT2D eigenvalue weighted by Crippen LogP contribution is -2.11. The Bertz CT molecular complexity index is 1270. The average molecular weight is 404 g/mol. The molecular formula is C22H20N4O2S. The van der Waals surface area contributed by atoms with Crippen LogP contribution in [0.15, 0.2) is 56.8 Å². The maximum atomic E-state index is 12.1. The number of thioether (sulfide) groups is 1. The van der Waals surface area contributed by atoms with E-state index in [2.05, 4.69) is 16.3 Å². The van der Waals surface area contributed by atoms with E-state index in [4.69, 9.17) is 10.3 Å². The molecule has 146 valence electrons. The summed E-state index contributed by atoms with van der Waals surface area (Å²) in [5, 5.41) is 10.1. The van der Waals surface area contributed by atoms with Gasteiger partial charge in [0, 0.05) is 22.8 Å². The quantitative estimate of drug-likeness (QED) is 0.316. The largest absolute Gasteiger partial charge is 0.423 e. The van der Waals surface area contributed by atoms with Gasteiger partial charge in [-0.15, -0.1) is 10.2 Å². The number of nitrogens with zero attached hydrogens (tertiary/aromatic N) is 3. The van der Waals surface area contributed by atoms with Crippen LogP contribution in [0.25, 0.3) is 22.4 Å². The molecule has 0 fully saturated rings. The zero-order valence-corrected chi connectivity index (χ0v) is 16.8. The minimum absolute atomic E-state index is 0.333. The van der Waals surface area contributed by atoms with Crippen molar-refractivity contribution in [1.82, 2.24) is 14.9 Å². The van der Waals surface area contributed by atoms with Crippen LogP contribution in [0.5, 0.6) is 0 Å². The van der Waals surface area contributed by atoms with E-state index in [1.165, 1.54) is 33.1 Å². The summed E-state index contributed by atoms with van der Waals surface area (Å²) in [5.41, 5.74) is 5.97. The highest BCUT2D eigenvalue weighted by atomic mass is 32.2. The van der Waals surface area contributed by atoms with Gasteiger partial charge in [-0.1, -0.05) is 41.6 Å². The van der Waals surface area contributed by atoms with Crippen LogP contribution in [0.2, 0.25) is 0 Å². The average Bonchev–Trinajstić information content (AvgIpc) is 3.31. The number of aromatic nitrogens is 3. The molecule has 0 radical (unpaired) electrons. The summed E-state index contributed by atoms with van der Waals surface area (Å²) in [5.74, 6) is 7.42. The van der Waals surface area contributed by atoms with Gasteiger partial charge in [-0.3, -0.25) is 0 Å². The normalized spacial score (nSPS) is 13.1. The Hall–Kier alpha value is -3.06. The van der Waals surface area contributed by atoms with Gasteiger partial charge < -0.3 is 10.3 Å². The van der Waals surface area contributed by atoms with Crippen molar-refractivity contribution in [1.29, 1.82) is 0 Å². The molecule has 29 heavy (non-hydrogen) atoms. The molecule has 6 nitrogen and oxygen atoms in total. The van der Waals surface area contributed by atoms with Crippen LogP contribution in [0, 0.1) is 6.92 Å². The maximum absolute atomic E-state index is 12.1. The fourth-order valence-electron chi connectivity index (χ4n) is 3.83. The highest BCUT2D eigenvalue weighted by Gasteiger charge is 2.17. The Labute approximate surface area is 171 Å². The van der Waals surface area contributed by atoms with Crippen molar-refractivity contribution in [3.63, 3.8) is 0 Å². The van der Waals surface area contributed by atoms with Crippen molar-refractivity contribution in [3.8, 4) is 11.4 Å². The van der Waals surface area contributed by atoms with E-state index in [0.717, 1.165) is 35.8 Å². The lowest BCUT2D eigenvalue weighted by molar-refractivity contribution is 0.559. The predicted molar refractivity (Wildman–Crippen MR) is 114 cm³/mol. The number of benzene rings is 2. The molecule has 0 bridgehead atoms. The first-order valence-corrected chi connectivity index (χ1v) is 10.6. The maximum Gasteiger partial charge on any atom is 0.336 e. The Balaban J connectivity index is 1.45. The molecule has 2 aromatic heterocycles. The van der Waals surface area contributed by atoms with Gasteiger partial charge in [0.05, 0.1) is 0 Å². The lowest BCUT2D eigenvalue weighted by Gasteiger charge is -2.08. The van der Waals surface area contributed by atoms with Crippen LogP contribution in [0.1, 0.15) is 28.7 Å². The second-order valence-electron chi connectivity index (χ2n) is 7.39. The Morgan fingerprint density at radius 2 is 1.86 bits per heavy atom. The van der Waals surface area contributed by atoms with Gasteiger partial charge in [0.1, 0.15) is 5.58 Å². The second kappa shape index (κ2) is 7.08. The first-order valence-electron chi connectivity index (χ1n) is 9.57. The number of hydrogen-bond acceptors (Lipinski definition) is 6. The van der Waals surface area contributed by atoms with Gasteiger partial charge in [0.25, 0.3) is 0 Å². The number of fused-ring (bicyclic) bond motifs is 2. The summed E-state index contributed by atoms with van der Waals surface area (Å²) in [4.78, 5) is 12.1. The molecule has 0 spiro atoms. The highest BCUT2D eigenvalue weighted by molar-refractivity contribution is 7.98. The molecule has 7 heteroatoms. The van der Waals surface area contributed by atoms with E-state index in [1.807, 2.05) is 37.3 Å².